The Hall–Kier alpha value is -1.59. The molecule has 0 radical (unpaired) electrons. The van der Waals surface area contributed by atoms with Crippen molar-refractivity contribution >= 4 is 17.9 Å². The molecule has 0 aromatic rings. The van der Waals surface area contributed by atoms with E-state index in [1.807, 2.05) is 0 Å². The molecule has 0 heterocycles. The number of carbonyl (C=O) groups excluding carboxylic acids is 3. The Morgan fingerprint density at radius 3 is 0.860 bits per heavy atom. The van der Waals surface area contributed by atoms with Gasteiger partial charge in [-0.3, -0.25) is 14.4 Å². The number of unbranched alkanes of at least 4 members (excludes halogenated alkanes) is 33. The highest BCUT2D eigenvalue weighted by atomic mass is 16.6. The molecule has 6 nitrogen and oxygen atoms in total. The van der Waals surface area contributed by atoms with Crippen molar-refractivity contribution in [2.75, 3.05) is 13.2 Å². The zero-order valence-electron chi connectivity index (χ0n) is 38.8. The summed E-state index contributed by atoms with van der Waals surface area (Å²) in [6.45, 7) is 9.02. The third-order valence-corrected chi connectivity index (χ3v) is 11.5. The maximum absolute atomic E-state index is 12.7. The molecule has 0 aromatic carbocycles. The molecular weight excluding hydrogens is 709 g/mol. The Morgan fingerprint density at radius 1 is 0.333 bits per heavy atom. The van der Waals surface area contributed by atoms with Crippen LogP contribution in [0.15, 0.2) is 0 Å². The Bertz CT molecular complexity index is 857. The van der Waals surface area contributed by atoms with Crippen molar-refractivity contribution in [3.8, 4) is 0 Å². The number of ether oxygens (including phenoxy) is 3. The number of rotatable bonds is 46. The minimum atomic E-state index is -0.759. The van der Waals surface area contributed by atoms with Crippen molar-refractivity contribution in [1.29, 1.82) is 0 Å². The van der Waals surface area contributed by atoms with Gasteiger partial charge in [0.2, 0.25) is 0 Å². The van der Waals surface area contributed by atoms with Crippen molar-refractivity contribution < 1.29 is 28.6 Å². The third-order valence-electron chi connectivity index (χ3n) is 11.5. The second-order valence-corrected chi connectivity index (χ2v) is 17.9. The van der Waals surface area contributed by atoms with Crippen molar-refractivity contribution in [2.45, 2.75) is 291 Å². The first kappa shape index (κ1) is 55.4. The quantitative estimate of drug-likeness (QED) is 0.0346. The summed E-state index contributed by atoms with van der Waals surface area (Å²) < 4.78 is 16.8. The molecular formula is C51H98O6. The summed E-state index contributed by atoms with van der Waals surface area (Å²) in [5.41, 5.74) is 0. The SMILES string of the molecule is CCCCCCCCCCCCCC(=O)OC[C@@H](COC(=O)CCCCCCCCCCCCCCCCC(C)C)OC(=O)CCCCCCCCCCCCC. The Balaban J connectivity index is 4.26. The van der Waals surface area contributed by atoms with E-state index in [0.717, 1.165) is 63.7 Å². The first-order valence-corrected chi connectivity index (χ1v) is 25.4. The average molecular weight is 807 g/mol. The van der Waals surface area contributed by atoms with Gasteiger partial charge in [-0.05, 0) is 25.2 Å². The van der Waals surface area contributed by atoms with Crippen LogP contribution in [-0.4, -0.2) is 37.2 Å². The smallest absolute Gasteiger partial charge is 0.306 e. The molecule has 1 atom stereocenters. The zero-order chi connectivity index (χ0) is 41.7. The van der Waals surface area contributed by atoms with Gasteiger partial charge in [0, 0.05) is 19.3 Å². The molecule has 0 unspecified atom stereocenters. The van der Waals surface area contributed by atoms with Crippen molar-refractivity contribution in [3.63, 3.8) is 0 Å². The lowest BCUT2D eigenvalue weighted by Crippen LogP contribution is -2.30. The Kier molecular flexibility index (Phi) is 44.2. The van der Waals surface area contributed by atoms with Crippen LogP contribution in [0.5, 0.6) is 0 Å². The van der Waals surface area contributed by atoms with Crippen LogP contribution < -0.4 is 0 Å². The summed E-state index contributed by atoms with van der Waals surface area (Å²) in [5, 5.41) is 0. The summed E-state index contributed by atoms with van der Waals surface area (Å²) in [6.07, 6.45) is 46.5. The fraction of sp³-hybridized carbons (Fsp3) is 0.941. The lowest BCUT2D eigenvalue weighted by atomic mass is 10.0. The minimum Gasteiger partial charge on any atom is -0.462 e. The molecule has 57 heavy (non-hydrogen) atoms. The monoisotopic (exact) mass is 807 g/mol. The third kappa shape index (κ3) is 45.3. The van der Waals surface area contributed by atoms with Crippen molar-refractivity contribution in [2.24, 2.45) is 5.92 Å². The van der Waals surface area contributed by atoms with Crippen molar-refractivity contribution in [3.05, 3.63) is 0 Å². The fourth-order valence-electron chi connectivity index (χ4n) is 7.69. The lowest BCUT2D eigenvalue weighted by molar-refractivity contribution is -0.167. The van der Waals surface area contributed by atoms with Crippen LogP contribution in [0.1, 0.15) is 285 Å². The van der Waals surface area contributed by atoms with Gasteiger partial charge in [0.1, 0.15) is 13.2 Å². The molecule has 0 bridgehead atoms. The maximum Gasteiger partial charge on any atom is 0.306 e. The van der Waals surface area contributed by atoms with E-state index in [9.17, 15) is 14.4 Å². The van der Waals surface area contributed by atoms with Gasteiger partial charge in [0.25, 0.3) is 0 Å². The first-order valence-electron chi connectivity index (χ1n) is 25.4. The molecule has 0 aliphatic heterocycles. The van der Waals surface area contributed by atoms with Gasteiger partial charge in [-0.2, -0.15) is 0 Å². The molecule has 6 heteroatoms. The van der Waals surface area contributed by atoms with E-state index in [2.05, 4.69) is 27.7 Å². The molecule has 0 aliphatic rings. The summed E-state index contributed by atoms with van der Waals surface area (Å²) in [5.74, 6) is -0.00199. The number of hydrogen-bond acceptors (Lipinski definition) is 6. The second-order valence-electron chi connectivity index (χ2n) is 17.9. The number of hydrogen-bond donors (Lipinski definition) is 0. The van der Waals surface area contributed by atoms with Crippen molar-refractivity contribution in [1.82, 2.24) is 0 Å². The van der Waals surface area contributed by atoms with Gasteiger partial charge in [-0.1, -0.05) is 246 Å². The molecule has 0 rings (SSSR count). The zero-order valence-corrected chi connectivity index (χ0v) is 38.8. The van der Waals surface area contributed by atoms with E-state index in [4.69, 9.17) is 14.2 Å². The highest BCUT2D eigenvalue weighted by molar-refractivity contribution is 5.71. The molecule has 0 saturated heterocycles. The molecule has 0 spiro atoms. The molecule has 0 amide bonds. The standard InChI is InChI=1S/C51H98O6/c1-5-7-9-11-13-15-21-26-30-34-38-42-49(52)55-45-48(57-51(54)44-40-36-32-28-22-16-14-12-10-8-6-2)46-56-50(53)43-39-35-31-27-24-20-18-17-19-23-25-29-33-37-41-47(3)4/h47-48H,5-46H2,1-4H3/t48-/m0/s1. The number of carbonyl (C=O) groups is 3. The van der Waals surface area contributed by atoms with Gasteiger partial charge < -0.3 is 14.2 Å². The Labute approximate surface area is 355 Å². The van der Waals surface area contributed by atoms with Crippen LogP contribution in [0.2, 0.25) is 0 Å². The molecule has 0 fully saturated rings. The van der Waals surface area contributed by atoms with Crippen LogP contribution in [-0.2, 0) is 28.6 Å². The van der Waals surface area contributed by atoms with Crippen LogP contribution in [0.3, 0.4) is 0 Å². The lowest BCUT2D eigenvalue weighted by Gasteiger charge is -2.18. The van der Waals surface area contributed by atoms with Crippen LogP contribution in [0.4, 0.5) is 0 Å². The average Bonchev–Trinajstić information content (AvgIpc) is 3.19. The maximum atomic E-state index is 12.7. The van der Waals surface area contributed by atoms with Crippen LogP contribution in [0, 0.1) is 5.92 Å². The normalized spacial score (nSPS) is 11.9. The van der Waals surface area contributed by atoms with Gasteiger partial charge in [0.15, 0.2) is 6.10 Å². The van der Waals surface area contributed by atoms with Crippen LogP contribution in [0.25, 0.3) is 0 Å². The first-order chi connectivity index (χ1) is 27.9. The predicted octanol–water partition coefficient (Wildman–Crippen LogP) is 16.3. The van der Waals surface area contributed by atoms with E-state index in [0.29, 0.717) is 19.3 Å². The fourth-order valence-corrected chi connectivity index (χ4v) is 7.69. The molecule has 0 saturated carbocycles. The second kappa shape index (κ2) is 45.5. The van der Waals surface area contributed by atoms with Gasteiger partial charge >= 0.3 is 17.9 Å². The van der Waals surface area contributed by atoms with Gasteiger partial charge in [-0.25, -0.2) is 0 Å². The highest BCUT2D eigenvalue weighted by Crippen LogP contribution is 2.17. The summed E-state index contributed by atoms with van der Waals surface area (Å²) in [6, 6.07) is 0. The van der Waals surface area contributed by atoms with E-state index >= 15 is 0 Å². The van der Waals surface area contributed by atoms with E-state index in [1.165, 1.54) is 180 Å². The Morgan fingerprint density at radius 2 is 0.579 bits per heavy atom. The van der Waals surface area contributed by atoms with E-state index in [1.54, 1.807) is 0 Å². The van der Waals surface area contributed by atoms with Gasteiger partial charge in [0.05, 0.1) is 0 Å². The van der Waals surface area contributed by atoms with Crippen LogP contribution >= 0.6 is 0 Å². The molecule has 0 aliphatic carbocycles. The molecule has 0 aromatic heterocycles. The van der Waals surface area contributed by atoms with Gasteiger partial charge in [-0.15, -0.1) is 0 Å². The molecule has 0 N–H and O–H groups in total. The number of esters is 3. The topological polar surface area (TPSA) is 78.9 Å². The summed E-state index contributed by atoms with van der Waals surface area (Å²) >= 11 is 0. The minimum absolute atomic E-state index is 0.0628. The predicted molar refractivity (Wildman–Crippen MR) is 243 cm³/mol. The van der Waals surface area contributed by atoms with E-state index in [-0.39, 0.29) is 31.1 Å². The summed E-state index contributed by atoms with van der Waals surface area (Å²) in [7, 11) is 0. The molecule has 338 valence electrons. The largest absolute Gasteiger partial charge is 0.462 e. The summed E-state index contributed by atoms with van der Waals surface area (Å²) in [4.78, 5) is 37.8. The highest BCUT2D eigenvalue weighted by Gasteiger charge is 2.19. The van der Waals surface area contributed by atoms with E-state index < -0.39 is 6.10 Å².